The Morgan fingerprint density at radius 3 is 2.70 bits per heavy atom. The van der Waals surface area contributed by atoms with Gasteiger partial charge in [0.2, 0.25) is 0 Å². The van der Waals surface area contributed by atoms with E-state index in [1.54, 1.807) is 12.1 Å². The van der Waals surface area contributed by atoms with Gasteiger partial charge >= 0.3 is 5.97 Å². The van der Waals surface area contributed by atoms with Crippen molar-refractivity contribution in [2.75, 3.05) is 25.6 Å². The van der Waals surface area contributed by atoms with Crippen LogP contribution in [0, 0.1) is 0 Å². The van der Waals surface area contributed by atoms with Gasteiger partial charge in [-0.1, -0.05) is 19.9 Å². The lowest BCUT2D eigenvalue weighted by molar-refractivity contribution is 0.0602. The number of alkyl halides is 1. The van der Waals surface area contributed by atoms with Crippen LogP contribution in [-0.2, 0) is 9.47 Å². The minimum Gasteiger partial charge on any atom is -0.465 e. The Kier molecular flexibility index (Phi) is 8.44. The third kappa shape index (κ3) is 5.87. The molecule has 1 aromatic rings. The van der Waals surface area contributed by atoms with E-state index in [2.05, 4.69) is 5.32 Å². The van der Waals surface area contributed by atoms with Crippen molar-refractivity contribution in [1.82, 2.24) is 0 Å². The van der Waals surface area contributed by atoms with Crippen LogP contribution in [-0.4, -0.2) is 38.5 Å². The fourth-order valence-electron chi connectivity index (χ4n) is 2.97. The van der Waals surface area contributed by atoms with Crippen molar-refractivity contribution in [3.8, 4) is 0 Å². The Balaban J connectivity index is 0.00000126. The Morgan fingerprint density at radius 2 is 2.04 bits per heavy atom. The molecule has 0 aromatic carbocycles. The molecule has 0 radical (unpaired) electrons. The number of hydrogen-bond donors (Lipinski definition) is 1. The molecule has 150 valence electrons. The number of carbonyl (C=O) groups excluding carboxylic acids is 1. The van der Waals surface area contributed by atoms with Gasteiger partial charge in [-0.15, -0.1) is 11.3 Å². The SMILES string of the molecule is CC.COC(=O)c1cc(C2=CCC(F)C=C(F)C2)sc1NC1CCOCC1. The van der Waals surface area contributed by atoms with Crippen LogP contribution in [0.3, 0.4) is 0 Å². The van der Waals surface area contributed by atoms with Gasteiger partial charge in [-0.25, -0.2) is 13.6 Å². The molecule has 1 atom stereocenters. The van der Waals surface area contributed by atoms with E-state index in [4.69, 9.17) is 9.47 Å². The lowest BCUT2D eigenvalue weighted by Crippen LogP contribution is -2.28. The third-order valence-corrected chi connectivity index (χ3v) is 5.46. The molecule has 1 N–H and O–H groups in total. The molecule has 2 aliphatic rings. The second-order valence-corrected chi connectivity index (χ2v) is 7.20. The number of anilines is 1. The van der Waals surface area contributed by atoms with E-state index < -0.39 is 18.0 Å². The van der Waals surface area contributed by atoms with Crippen LogP contribution in [0.4, 0.5) is 13.8 Å². The van der Waals surface area contributed by atoms with Gasteiger partial charge < -0.3 is 14.8 Å². The molecule has 1 aromatic heterocycles. The molecule has 7 heteroatoms. The summed E-state index contributed by atoms with van der Waals surface area (Å²) in [5.41, 5.74) is 1.13. The van der Waals surface area contributed by atoms with Crippen molar-refractivity contribution >= 4 is 27.9 Å². The van der Waals surface area contributed by atoms with Crippen LogP contribution in [0.5, 0.6) is 0 Å². The van der Waals surface area contributed by atoms with E-state index in [-0.39, 0.29) is 18.9 Å². The van der Waals surface area contributed by atoms with E-state index in [1.165, 1.54) is 18.4 Å². The molecule has 1 fully saturated rings. The van der Waals surface area contributed by atoms with Crippen molar-refractivity contribution < 1.29 is 23.0 Å². The zero-order valence-corrected chi connectivity index (χ0v) is 16.8. The van der Waals surface area contributed by atoms with Crippen LogP contribution < -0.4 is 5.32 Å². The molecular weight excluding hydrogens is 372 g/mol. The monoisotopic (exact) mass is 399 g/mol. The summed E-state index contributed by atoms with van der Waals surface area (Å²) in [7, 11) is 1.33. The van der Waals surface area contributed by atoms with Crippen LogP contribution in [0.15, 0.2) is 24.0 Å². The molecule has 0 saturated carbocycles. The molecule has 2 heterocycles. The Bertz CT molecular complexity index is 693. The Hall–Kier alpha value is -1.73. The van der Waals surface area contributed by atoms with E-state index in [1.807, 2.05) is 13.8 Å². The molecule has 1 saturated heterocycles. The first kappa shape index (κ1) is 21.6. The van der Waals surface area contributed by atoms with Gasteiger partial charge in [-0.2, -0.15) is 0 Å². The van der Waals surface area contributed by atoms with Gasteiger partial charge in [0.25, 0.3) is 0 Å². The fraction of sp³-hybridized carbons (Fsp3) is 0.550. The molecule has 1 unspecified atom stereocenters. The Labute approximate surface area is 163 Å². The number of carbonyl (C=O) groups is 1. The second-order valence-electron chi connectivity index (χ2n) is 6.15. The Morgan fingerprint density at radius 1 is 1.33 bits per heavy atom. The molecule has 3 rings (SSSR count). The predicted octanol–water partition coefficient (Wildman–Crippen LogP) is 5.52. The summed E-state index contributed by atoms with van der Waals surface area (Å²) >= 11 is 1.38. The first-order valence-electron chi connectivity index (χ1n) is 9.33. The first-order valence-corrected chi connectivity index (χ1v) is 10.1. The van der Waals surface area contributed by atoms with Gasteiger partial charge in [-0.3, -0.25) is 0 Å². The highest BCUT2D eigenvalue weighted by Gasteiger charge is 2.23. The number of methoxy groups -OCH3 is 1. The van der Waals surface area contributed by atoms with Crippen LogP contribution in [0.1, 0.15) is 54.8 Å². The van der Waals surface area contributed by atoms with E-state index in [9.17, 15) is 13.6 Å². The number of hydrogen-bond acceptors (Lipinski definition) is 5. The van der Waals surface area contributed by atoms with Crippen molar-refractivity contribution in [3.05, 3.63) is 34.5 Å². The molecule has 1 aliphatic carbocycles. The highest BCUT2D eigenvalue weighted by molar-refractivity contribution is 7.17. The van der Waals surface area contributed by atoms with Crippen molar-refractivity contribution in [2.45, 2.75) is 51.7 Å². The number of allylic oxidation sites excluding steroid dienone is 4. The van der Waals surface area contributed by atoms with Crippen molar-refractivity contribution in [2.24, 2.45) is 0 Å². The van der Waals surface area contributed by atoms with Gasteiger partial charge in [0.15, 0.2) is 0 Å². The lowest BCUT2D eigenvalue weighted by Gasteiger charge is -2.23. The minimum absolute atomic E-state index is 0.0399. The maximum Gasteiger partial charge on any atom is 0.340 e. The highest BCUT2D eigenvalue weighted by Crippen LogP contribution is 2.38. The number of nitrogens with one attached hydrogen (secondary N) is 1. The predicted molar refractivity (Wildman–Crippen MR) is 106 cm³/mol. The summed E-state index contributed by atoms with van der Waals surface area (Å²) < 4.78 is 37.5. The smallest absolute Gasteiger partial charge is 0.340 e. The summed E-state index contributed by atoms with van der Waals surface area (Å²) in [5.74, 6) is -0.922. The molecule has 0 spiro atoms. The lowest BCUT2D eigenvalue weighted by atomic mass is 10.1. The van der Waals surface area contributed by atoms with Crippen LogP contribution >= 0.6 is 11.3 Å². The number of rotatable bonds is 4. The summed E-state index contributed by atoms with van der Waals surface area (Å²) in [5, 5.41) is 4.10. The maximum atomic E-state index is 13.8. The highest BCUT2D eigenvalue weighted by atomic mass is 32.1. The molecular formula is C20H27F2NO3S. The van der Waals surface area contributed by atoms with Crippen LogP contribution in [0.2, 0.25) is 0 Å². The molecule has 1 aliphatic heterocycles. The van der Waals surface area contributed by atoms with Crippen LogP contribution in [0.25, 0.3) is 5.57 Å². The van der Waals surface area contributed by atoms with E-state index in [0.29, 0.717) is 29.4 Å². The van der Waals surface area contributed by atoms with E-state index >= 15 is 0 Å². The topological polar surface area (TPSA) is 47.6 Å². The van der Waals surface area contributed by atoms with Gasteiger partial charge in [0, 0.05) is 37.0 Å². The summed E-state index contributed by atoms with van der Waals surface area (Å²) in [6.45, 7) is 5.37. The number of ether oxygens (including phenoxy) is 2. The second kappa shape index (κ2) is 10.6. The van der Waals surface area contributed by atoms with Gasteiger partial charge in [0.05, 0.1) is 12.7 Å². The van der Waals surface area contributed by atoms with Crippen molar-refractivity contribution in [3.63, 3.8) is 0 Å². The van der Waals surface area contributed by atoms with Gasteiger partial charge in [-0.05, 0) is 30.6 Å². The normalized spacial score (nSPS) is 20.6. The zero-order valence-electron chi connectivity index (χ0n) is 16.0. The zero-order chi connectivity index (χ0) is 19.8. The molecule has 27 heavy (non-hydrogen) atoms. The molecule has 4 nitrogen and oxygen atoms in total. The number of thiophene rings is 1. The summed E-state index contributed by atoms with van der Waals surface area (Å²) in [6.07, 6.45) is 3.31. The molecule has 0 amide bonds. The maximum absolute atomic E-state index is 13.8. The third-order valence-electron chi connectivity index (χ3n) is 4.32. The molecule has 0 bridgehead atoms. The standard InChI is InChI=1S/C18H21F2NO3S.C2H6/c1-23-18(22)15-10-16(11-2-3-12(19)9-13(20)8-11)25-17(15)21-14-4-6-24-7-5-14;1-2/h2,9-10,12,14,21H,3-8H2,1H3;1-2H3. The largest absolute Gasteiger partial charge is 0.465 e. The first-order chi connectivity index (χ1) is 13.1. The quantitative estimate of drug-likeness (QED) is 0.677. The summed E-state index contributed by atoms with van der Waals surface area (Å²) in [4.78, 5) is 12.9. The van der Waals surface area contributed by atoms with Crippen molar-refractivity contribution in [1.29, 1.82) is 0 Å². The number of halogens is 2. The average molecular weight is 400 g/mol. The number of esters is 1. The minimum atomic E-state index is -1.31. The fourth-order valence-corrected chi connectivity index (χ4v) is 4.13. The van der Waals surface area contributed by atoms with E-state index in [0.717, 1.165) is 23.8 Å². The average Bonchev–Trinajstić information content (AvgIpc) is 3.02. The summed E-state index contributed by atoms with van der Waals surface area (Å²) in [6, 6.07) is 1.93. The van der Waals surface area contributed by atoms with Gasteiger partial charge in [0.1, 0.15) is 17.0 Å².